The molecule has 2 aromatic rings. The first kappa shape index (κ1) is 18.0. The summed E-state index contributed by atoms with van der Waals surface area (Å²) in [5.41, 5.74) is 1.58. The standard InChI is InChI=1S/C18H17BrClNO4/c19-12-3-1-11(2-4-12)18(23)14-7-16-17(25-6-5-24-16)8-15(14)21-10-13(22)9-20/h1-4,7-8,13,21-22H,5-6,9-10H2. The van der Waals surface area contributed by atoms with Crippen LogP contribution in [-0.2, 0) is 0 Å². The number of fused-ring (bicyclic) bond motifs is 1. The Morgan fingerprint density at radius 3 is 2.48 bits per heavy atom. The van der Waals surface area contributed by atoms with Crippen molar-refractivity contribution in [1.29, 1.82) is 0 Å². The summed E-state index contributed by atoms with van der Waals surface area (Å²) in [5, 5.41) is 12.8. The molecule has 0 aliphatic carbocycles. The summed E-state index contributed by atoms with van der Waals surface area (Å²) >= 11 is 9.00. The molecule has 2 N–H and O–H groups in total. The third kappa shape index (κ3) is 4.26. The Hall–Kier alpha value is -1.76. The monoisotopic (exact) mass is 425 g/mol. The fourth-order valence-corrected chi connectivity index (χ4v) is 2.84. The first-order valence-electron chi connectivity index (χ1n) is 7.80. The lowest BCUT2D eigenvalue weighted by Crippen LogP contribution is -2.22. The molecular formula is C18H17BrClNO4. The molecule has 0 bridgehead atoms. The number of carbonyl (C=O) groups is 1. The van der Waals surface area contributed by atoms with E-state index in [4.69, 9.17) is 21.1 Å². The molecule has 1 aliphatic heterocycles. The molecule has 0 radical (unpaired) electrons. The molecule has 0 amide bonds. The number of nitrogens with one attached hydrogen (secondary N) is 1. The number of ether oxygens (including phenoxy) is 2. The molecule has 25 heavy (non-hydrogen) atoms. The SMILES string of the molecule is O=C(c1ccc(Br)cc1)c1cc2c(cc1NCC(O)CCl)OCCO2. The number of carbonyl (C=O) groups excluding carboxylic acids is 1. The third-order valence-corrected chi connectivity index (χ3v) is 4.62. The van der Waals surface area contributed by atoms with Crippen LogP contribution in [0.3, 0.4) is 0 Å². The van der Waals surface area contributed by atoms with E-state index in [9.17, 15) is 9.90 Å². The topological polar surface area (TPSA) is 67.8 Å². The van der Waals surface area contributed by atoms with Gasteiger partial charge in [0.05, 0.1) is 12.0 Å². The Morgan fingerprint density at radius 1 is 1.20 bits per heavy atom. The van der Waals surface area contributed by atoms with Gasteiger partial charge in [-0.25, -0.2) is 0 Å². The molecule has 1 unspecified atom stereocenters. The summed E-state index contributed by atoms with van der Waals surface area (Å²) < 4.78 is 12.1. The first-order chi connectivity index (χ1) is 12.1. The molecule has 0 fully saturated rings. The highest BCUT2D eigenvalue weighted by molar-refractivity contribution is 9.10. The molecule has 0 saturated carbocycles. The van der Waals surface area contributed by atoms with E-state index in [0.717, 1.165) is 4.47 Å². The van der Waals surface area contributed by atoms with Gasteiger partial charge in [-0.05, 0) is 30.3 Å². The molecule has 1 atom stereocenters. The summed E-state index contributed by atoms with van der Waals surface area (Å²) in [6.07, 6.45) is -0.717. The zero-order valence-corrected chi connectivity index (χ0v) is 15.6. The fourth-order valence-electron chi connectivity index (χ4n) is 2.46. The Morgan fingerprint density at radius 2 is 1.84 bits per heavy atom. The van der Waals surface area contributed by atoms with Gasteiger partial charge in [0.2, 0.25) is 0 Å². The van der Waals surface area contributed by atoms with E-state index in [1.165, 1.54) is 0 Å². The Kier molecular flexibility index (Phi) is 5.83. The minimum atomic E-state index is -0.717. The Balaban J connectivity index is 1.96. The number of hydrogen-bond acceptors (Lipinski definition) is 5. The second-order valence-electron chi connectivity index (χ2n) is 5.57. The van der Waals surface area contributed by atoms with Crippen molar-refractivity contribution in [2.24, 2.45) is 0 Å². The maximum absolute atomic E-state index is 12.9. The highest BCUT2D eigenvalue weighted by atomic mass is 79.9. The van der Waals surface area contributed by atoms with E-state index in [2.05, 4.69) is 21.2 Å². The number of hydrogen-bond donors (Lipinski definition) is 2. The molecular weight excluding hydrogens is 410 g/mol. The van der Waals surface area contributed by atoms with Crippen LogP contribution in [0.4, 0.5) is 5.69 Å². The lowest BCUT2D eigenvalue weighted by Gasteiger charge is -2.22. The van der Waals surface area contributed by atoms with Gasteiger partial charge in [0.25, 0.3) is 0 Å². The number of anilines is 1. The van der Waals surface area contributed by atoms with Crippen molar-refractivity contribution in [1.82, 2.24) is 0 Å². The minimum Gasteiger partial charge on any atom is -0.486 e. The summed E-state index contributed by atoms with van der Waals surface area (Å²) in [6, 6.07) is 10.5. The van der Waals surface area contributed by atoms with Crippen LogP contribution in [0.15, 0.2) is 40.9 Å². The first-order valence-corrected chi connectivity index (χ1v) is 9.13. The minimum absolute atomic E-state index is 0.105. The van der Waals surface area contributed by atoms with Gasteiger partial charge >= 0.3 is 0 Å². The van der Waals surface area contributed by atoms with E-state index in [1.807, 2.05) is 12.1 Å². The van der Waals surface area contributed by atoms with Crippen LogP contribution in [0, 0.1) is 0 Å². The number of ketones is 1. The van der Waals surface area contributed by atoms with Crippen LogP contribution in [0.2, 0.25) is 0 Å². The molecule has 1 heterocycles. The molecule has 2 aromatic carbocycles. The van der Waals surface area contributed by atoms with Crippen molar-refractivity contribution in [3.63, 3.8) is 0 Å². The zero-order chi connectivity index (χ0) is 17.8. The molecule has 132 valence electrons. The summed E-state index contributed by atoms with van der Waals surface area (Å²) in [4.78, 5) is 12.9. The normalized spacial score (nSPS) is 14.0. The Labute approximate surface area is 159 Å². The predicted octanol–water partition coefficient (Wildman–Crippen LogP) is 3.46. The van der Waals surface area contributed by atoms with Crippen LogP contribution < -0.4 is 14.8 Å². The van der Waals surface area contributed by atoms with E-state index in [1.54, 1.807) is 24.3 Å². The maximum atomic E-state index is 12.9. The van der Waals surface area contributed by atoms with E-state index in [0.29, 0.717) is 41.5 Å². The fraction of sp³-hybridized carbons (Fsp3) is 0.278. The number of alkyl halides is 1. The maximum Gasteiger partial charge on any atom is 0.195 e. The molecule has 5 nitrogen and oxygen atoms in total. The van der Waals surface area contributed by atoms with Crippen LogP contribution in [0.5, 0.6) is 11.5 Å². The zero-order valence-electron chi connectivity index (χ0n) is 13.3. The molecule has 3 rings (SSSR count). The second kappa shape index (κ2) is 8.08. The smallest absolute Gasteiger partial charge is 0.195 e. The predicted molar refractivity (Wildman–Crippen MR) is 100 cm³/mol. The second-order valence-corrected chi connectivity index (χ2v) is 6.79. The van der Waals surface area contributed by atoms with Crippen LogP contribution in [-0.4, -0.2) is 42.6 Å². The highest BCUT2D eigenvalue weighted by Crippen LogP contribution is 2.36. The average Bonchev–Trinajstić information content (AvgIpc) is 2.65. The van der Waals surface area contributed by atoms with Gasteiger partial charge in [0.1, 0.15) is 13.2 Å². The third-order valence-electron chi connectivity index (χ3n) is 3.74. The van der Waals surface area contributed by atoms with Crippen LogP contribution in [0.1, 0.15) is 15.9 Å². The van der Waals surface area contributed by atoms with Crippen molar-refractivity contribution >= 4 is 39.0 Å². The molecule has 7 heteroatoms. The number of halogens is 2. The lowest BCUT2D eigenvalue weighted by molar-refractivity contribution is 0.103. The molecule has 0 spiro atoms. The number of benzene rings is 2. The lowest BCUT2D eigenvalue weighted by atomic mass is 10.0. The van der Waals surface area contributed by atoms with Gasteiger partial charge in [-0.1, -0.05) is 15.9 Å². The van der Waals surface area contributed by atoms with E-state index >= 15 is 0 Å². The number of aliphatic hydroxyl groups is 1. The summed E-state index contributed by atoms with van der Waals surface area (Å²) in [6.45, 7) is 1.12. The van der Waals surface area contributed by atoms with E-state index < -0.39 is 6.10 Å². The van der Waals surface area contributed by atoms with Gasteiger partial charge in [-0.3, -0.25) is 4.79 Å². The van der Waals surface area contributed by atoms with Crippen molar-refractivity contribution < 1.29 is 19.4 Å². The van der Waals surface area contributed by atoms with Crippen molar-refractivity contribution in [3.8, 4) is 11.5 Å². The number of rotatable bonds is 6. The van der Waals surface area contributed by atoms with Gasteiger partial charge in [-0.2, -0.15) is 0 Å². The van der Waals surface area contributed by atoms with Crippen LogP contribution >= 0.6 is 27.5 Å². The summed E-state index contributed by atoms with van der Waals surface area (Å²) in [7, 11) is 0. The largest absolute Gasteiger partial charge is 0.486 e. The highest BCUT2D eigenvalue weighted by Gasteiger charge is 2.21. The Bertz CT molecular complexity index is 766. The molecule has 0 saturated heterocycles. The van der Waals surface area contributed by atoms with Crippen LogP contribution in [0.25, 0.3) is 0 Å². The van der Waals surface area contributed by atoms with Gasteiger partial charge < -0.3 is 19.9 Å². The molecule has 1 aliphatic rings. The van der Waals surface area contributed by atoms with Gasteiger partial charge in [-0.15, -0.1) is 11.6 Å². The quantitative estimate of drug-likeness (QED) is 0.547. The van der Waals surface area contributed by atoms with Crippen molar-refractivity contribution in [3.05, 3.63) is 52.0 Å². The van der Waals surface area contributed by atoms with Crippen molar-refractivity contribution in [2.75, 3.05) is 31.0 Å². The molecule has 0 aromatic heterocycles. The summed E-state index contributed by atoms with van der Waals surface area (Å²) in [5.74, 6) is 1.07. The van der Waals surface area contributed by atoms with Gasteiger partial charge in [0.15, 0.2) is 17.3 Å². The van der Waals surface area contributed by atoms with Gasteiger partial charge in [0, 0.05) is 33.9 Å². The van der Waals surface area contributed by atoms with Crippen molar-refractivity contribution in [2.45, 2.75) is 6.10 Å². The van der Waals surface area contributed by atoms with E-state index in [-0.39, 0.29) is 18.2 Å². The average molecular weight is 427 g/mol. The number of aliphatic hydroxyl groups excluding tert-OH is 1.